The molecule has 0 fully saturated rings. The summed E-state index contributed by atoms with van der Waals surface area (Å²) in [6.07, 6.45) is 0. The average molecular weight is 741 g/mol. The standard InChI is InChI=1S/C45H20B10N4O/c46-31-30(32(47)34(49)35(50)33(31)48)45-57-43(22-9-3-1-4-10-22)56-44(58-45)27-20-19-25(29-26-13-7-8-14-28(26)60-42(27)29)21-15-17-24(18-16-21)59(23-11-5-2-6-12-23)41-39(54)37(52)36(51)38(53)40(41)55/h1-20H. The Morgan fingerprint density at radius 1 is 0.383 bits per heavy atom. The van der Waals surface area contributed by atoms with Crippen LogP contribution in [0, 0.1) is 0 Å². The highest BCUT2D eigenvalue weighted by molar-refractivity contribution is 6.70. The lowest BCUT2D eigenvalue weighted by molar-refractivity contribution is 0.669. The van der Waals surface area contributed by atoms with Gasteiger partial charge < -0.3 is 9.32 Å². The summed E-state index contributed by atoms with van der Waals surface area (Å²) < 4.78 is 6.65. The molecule has 0 atom stereocenters. The molecular weight excluding hydrogens is 721 g/mol. The predicted octanol–water partition coefficient (Wildman–Crippen LogP) is -0.153. The molecule has 0 aliphatic carbocycles. The Morgan fingerprint density at radius 3 is 1.50 bits per heavy atom. The number of para-hydroxylation sites is 2. The van der Waals surface area contributed by atoms with Gasteiger partial charge in [0.15, 0.2) is 17.5 Å². The van der Waals surface area contributed by atoms with Gasteiger partial charge in [0.05, 0.1) is 5.56 Å². The van der Waals surface area contributed by atoms with Crippen LogP contribution in [-0.4, -0.2) is 93.4 Å². The number of benzene rings is 7. The first kappa shape index (κ1) is 39.3. The van der Waals surface area contributed by atoms with E-state index in [0.717, 1.165) is 38.8 Å². The number of anilines is 3. The molecule has 60 heavy (non-hydrogen) atoms. The highest BCUT2D eigenvalue weighted by Gasteiger charge is 2.24. The number of aromatic nitrogens is 3. The van der Waals surface area contributed by atoms with E-state index in [9.17, 15) is 0 Å². The second-order valence-corrected chi connectivity index (χ2v) is 14.2. The summed E-state index contributed by atoms with van der Waals surface area (Å²) in [5.74, 6) is 0.819. The van der Waals surface area contributed by atoms with E-state index in [1.807, 2.05) is 126 Å². The maximum absolute atomic E-state index is 6.65. The van der Waals surface area contributed by atoms with E-state index in [2.05, 4.69) is 0 Å². The summed E-state index contributed by atoms with van der Waals surface area (Å²) in [5.41, 5.74) is 7.80. The lowest BCUT2D eigenvalue weighted by atomic mass is 9.60. The normalized spacial score (nSPS) is 11.3. The number of fused-ring (bicyclic) bond motifs is 3. The number of nitrogens with zero attached hydrogens (tertiary/aromatic N) is 4. The monoisotopic (exact) mass is 742 g/mol. The van der Waals surface area contributed by atoms with Crippen molar-refractivity contribution in [3.05, 3.63) is 121 Å². The van der Waals surface area contributed by atoms with Gasteiger partial charge in [-0.15, -0.1) is 32.8 Å². The molecule has 0 amide bonds. The fourth-order valence-electron chi connectivity index (χ4n) is 7.51. The largest absolute Gasteiger partial charge is 0.455 e. The number of hydrogen-bond donors (Lipinski definition) is 0. The predicted molar refractivity (Wildman–Crippen MR) is 257 cm³/mol. The van der Waals surface area contributed by atoms with Crippen LogP contribution in [0.5, 0.6) is 0 Å². The van der Waals surface area contributed by atoms with Crippen molar-refractivity contribution in [2.45, 2.75) is 0 Å². The maximum Gasteiger partial charge on any atom is 0.167 e. The van der Waals surface area contributed by atoms with Gasteiger partial charge in [0.25, 0.3) is 0 Å². The Morgan fingerprint density at radius 2 is 0.867 bits per heavy atom. The summed E-state index contributed by atoms with van der Waals surface area (Å²) in [7, 11) is 63.8. The zero-order valence-corrected chi connectivity index (χ0v) is 32.0. The summed E-state index contributed by atoms with van der Waals surface area (Å²) in [6, 6.07) is 38.8. The first-order valence-corrected chi connectivity index (χ1v) is 18.7. The van der Waals surface area contributed by atoms with Crippen molar-refractivity contribution in [3.63, 3.8) is 0 Å². The van der Waals surface area contributed by atoms with Gasteiger partial charge in [-0.05, 0) is 47.5 Å². The highest BCUT2D eigenvalue weighted by atomic mass is 16.3. The van der Waals surface area contributed by atoms with Gasteiger partial charge >= 0.3 is 0 Å². The Bertz CT molecular complexity index is 3100. The van der Waals surface area contributed by atoms with E-state index >= 15 is 0 Å². The Balaban J connectivity index is 1.24. The smallest absolute Gasteiger partial charge is 0.167 e. The molecule has 2 heterocycles. The molecule has 7 aromatic carbocycles. The second kappa shape index (κ2) is 15.4. The van der Waals surface area contributed by atoms with Crippen molar-refractivity contribution in [3.8, 4) is 45.3 Å². The van der Waals surface area contributed by atoms with Gasteiger partial charge in [-0.3, -0.25) is 0 Å². The lowest BCUT2D eigenvalue weighted by Crippen LogP contribution is -2.56. The summed E-state index contributed by atoms with van der Waals surface area (Å²) in [5, 5.41) is 1.73. The van der Waals surface area contributed by atoms with Crippen LogP contribution in [-0.2, 0) is 0 Å². The highest BCUT2D eigenvalue weighted by Crippen LogP contribution is 2.42. The SMILES string of the molecule is [B]c1c([B])c([B])c(-c2nc(-c3ccccc3)nc(-c3ccc(-c4ccc(N(c5ccccc5)c5c([B])c([B])c([B])c([B])c5[B])cc4)c4c3oc3ccccc34)n2)c([B])c1[B]. The minimum atomic E-state index is 0.0792. The quantitative estimate of drug-likeness (QED) is 0.213. The van der Waals surface area contributed by atoms with E-state index in [-0.39, 0.29) is 66.0 Å². The third-order valence-electron chi connectivity index (χ3n) is 10.7. The minimum Gasteiger partial charge on any atom is -0.455 e. The molecule has 9 rings (SSSR count). The van der Waals surface area contributed by atoms with Crippen LogP contribution in [0.4, 0.5) is 17.1 Å². The third kappa shape index (κ3) is 6.46. The maximum atomic E-state index is 6.65. The molecule has 256 valence electrons. The van der Waals surface area contributed by atoms with Crippen LogP contribution in [0.25, 0.3) is 67.2 Å². The Kier molecular flexibility index (Phi) is 10.1. The van der Waals surface area contributed by atoms with E-state index in [4.69, 9.17) is 97.8 Å². The van der Waals surface area contributed by atoms with Gasteiger partial charge in [0, 0.05) is 39.0 Å². The molecule has 2 aromatic heterocycles. The first-order valence-electron chi connectivity index (χ1n) is 18.7. The summed E-state index contributed by atoms with van der Waals surface area (Å²) >= 11 is 0. The summed E-state index contributed by atoms with van der Waals surface area (Å²) in [6.45, 7) is 0. The van der Waals surface area contributed by atoms with Gasteiger partial charge in [-0.2, -0.15) is 0 Å². The number of hydrogen-bond acceptors (Lipinski definition) is 5. The lowest BCUT2D eigenvalue weighted by Gasteiger charge is -2.32. The van der Waals surface area contributed by atoms with Crippen LogP contribution in [0.2, 0.25) is 0 Å². The summed E-state index contributed by atoms with van der Waals surface area (Å²) in [4.78, 5) is 16.6. The fourth-order valence-corrected chi connectivity index (χ4v) is 7.51. The second-order valence-electron chi connectivity index (χ2n) is 14.2. The fraction of sp³-hybridized carbons (Fsp3) is 0. The van der Waals surface area contributed by atoms with Crippen LogP contribution in [0.1, 0.15) is 0 Å². The molecule has 0 saturated heterocycles. The first-order chi connectivity index (χ1) is 28.9. The van der Waals surface area contributed by atoms with Gasteiger partial charge in [-0.25, -0.2) is 15.0 Å². The molecular formula is C45H20B10N4O. The van der Waals surface area contributed by atoms with Crippen molar-refractivity contribution in [1.29, 1.82) is 0 Å². The number of rotatable bonds is 7. The van der Waals surface area contributed by atoms with Gasteiger partial charge in [0.2, 0.25) is 0 Å². The van der Waals surface area contributed by atoms with E-state index < -0.39 is 0 Å². The van der Waals surface area contributed by atoms with Crippen LogP contribution in [0.15, 0.2) is 126 Å². The molecule has 0 aliphatic heterocycles. The van der Waals surface area contributed by atoms with Crippen molar-refractivity contribution in [2.75, 3.05) is 4.90 Å². The van der Waals surface area contributed by atoms with E-state index in [0.29, 0.717) is 34.1 Å². The zero-order chi connectivity index (χ0) is 42.0. The van der Waals surface area contributed by atoms with Crippen LogP contribution < -0.4 is 59.5 Å². The molecule has 9 aromatic rings. The molecule has 15 heteroatoms. The van der Waals surface area contributed by atoms with Gasteiger partial charge in [0.1, 0.15) is 89.6 Å². The van der Waals surface area contributed by atoms with Crippen molar-refractivity contribution in [1.82, 2.24) is 15.0 Å². The van der Waals surface area contributed by atoms with E-state index in [1.165, 1.54) is 0 Å². The van der Waals surface area contributed by atoms with Crippen LogP contribution in [0.3, 0.4) is 0 Å². The van der Waals surface area contributed by atoms with Crippen molar-refractivity contribution in [2.24, 2.45) is 0 Å². The zero-order valence-electron chi connectivity index (χ0n) is 32.0. The molecule has 5 nitrogen and oxygen atoms in total. The minimum absolute atomic E-state index is 0.0792. The van der Waals surface area contributed by atoms with Crippen molar-refractivity contribution < 1.29 is 4.42 Å². The van der Waals surface area contributed by atoms with Crippen molar-refractivity contribution >= 4 is 172 Å². The molecule has 0 unspecified atom stereocenters. The average Bonchev–Trinajstić information content (AvgIpc) is 3.68. The molecule has 0 N–H and O–H groups in total. The molecule has 0 spiro atoms. The van der Waals surface area contributed by atoms with Gasteiger partial charge in [-0.1, -0.05) is 107 Å². The Hall–Kier alpha value is -6.20. The topological polar surface area (TPSA) is 55.1 Å². The third-order valence-corrected chi connectivity index (χ3v) is 10.7. The molecule has 0 saturated carbocycles. The Labute approximate surface area is 361 Å². The number of furan rings is 1. The molecule has 0 aliphatic rings. The molecule has 20 radical (unpaired) electrons. The van der Waals surface area contributed by atoms with Crippen LogP contribution >= 0.6 is 0 Å². The van der Waals surface area contributed by atoms with E-state index in [1.54, 1.807) is 0 Å². The molecule has 0 bridgehead atoms.